The summed E-state index contributed by atoms with van der Waals surface area (Å²) in [6, 6.07) is 10.7. The number of rotatable bonds is 11. The third kappa shape index (κ3) is 9.97. The first-order chi connectivity index (χ1) is 21.4. The van der Waals surface area contributed by atoms with Gasteiger partial charge in [0.05, 0.1) is 25.8 Å². The lowest BCUT2D eigenvalue weighted by molar-refractivity contribution is -0.192. The van der Waals surface area contributed by atoms with Crippen LogP contribution in [0.5, 0.6) is 11.5 Å². The highest BCUT2D eigenvalue weighted by molar-refractivity contribution is 5.95. The molecule has 2 fully saturated rings. The molecule has 45 heavy (non-hydrogen) atoms. The maximum Gasteiger partial charge on any atom is 0.490 e. The number of aromatic nitrogens is 1. The maximum absolute atomic E-state index is 10.6. The van der Waals surface area contributed by atoms with Crippen LogP contribution >= 0.6 is 0 Å². The zero-order valence-corrected chi connectivity index (χ0v) is 26.5. The molecule has 0 amide bonds. The molecule has 0 radical (unpaired) electrons. The van der Waals surface area contributed by atoms with E-state index in [1.54, 1.807) is 7.11 Å². The number of halogens is 3. The summed E-state index contributed by atoms with van der Waals surface area (Å²) in [6.45, 7) is 7.10. The molecule has 0 bridgehead atoms. The van der Waals surface area contributed by atoms with E-state index in [9.17, 15) is 13.2 Å². The Labute approximate surface area is 262 Å². The van der Waals surface area contributed by atoms with Gasteiger partial charge in [-0.05, 0) is 104 Å². The third-order valence-corrected chi connectivity index (χ3v) is 7.88. The summed E-state index contributed by atoms with van der Waals surface area (Å²) < 4.78 is 50.0. The number of carboxylic acid groups (broad SMARTS) is 1. The van der Waals surface area contributed by atoms with Crippen molar-refractivity contribution in [3.63, 3.8) is 0 Å². The van der Waals surface area contributed by atoms with Crippen molar-refractivity contribution < 1.29 is 37.0 Å². The summed E-state index contributed by atoms with van der Waals surface area (Å²) in [5.74, 6) is 0.426. The molecule has 2 aliphatic rings. The number of furan rings is 1. The van der Waals surface area contributed by atoms with Crippen molar-refractivity contribution in [1.82, 2.24) is 19.7 Å². The molecular formula is C32H44F3N5O5. The summed E-state index contributed by atoms with van der Waals surface area (Å²) >= 11 is 0. The predicted molar refractivity (Wildman–Crippen MR) is 167 cm³/mol. The Balaban J connectivity index is 0.000000591. The van der Waals surface area contributed by atoms with Crippen molar-refractivity contribution in [2.24, 2.45) is 0 Å². The van der Waals surface area contributed by atoms with Crippen LogP contribution in [0.15, 0.2) is 34.7 Å². The molecule has 4 heterocycles. The number of anilines is 1. The molecule has 2 N–H and O–H groups in total. The minimum atomic E-state index is -5.08. The van der Waals surface area contributed by atoms with Crippen molar-refractivity contribution in [2.45, 2.75) is 50.9 Å². The van der Waals surface area contributed by atoms with Crippen LogP contribution in [0.25, 0.3) is 22.4 Å². The summed E-state index contributed by atoms with van der Waals surface area (Å²) in [4.78, 5) is 20.9. The average molecular weight is 636 g/mol. The number of likely N-dealkylation sites (tertiary alicyclic amines) is 2. The number of piperidine rings is 1. The van der Waals surface area contributed by atoms with E-state index in [1.165, 1.54) is 25.9 Å². The Hall–Kier alpha value is -3.55. The first-order valence-corrected chi connectivity index (χ1v) is 15.3. The second-order valence-electron chi connectivity index (χ2n) is 11.9. The Bertz CT molecular complexity index is 1400. The number of alkyl halides is 3. The number of nitrogens with zero attached hydrogens (tertiary/aromatic N) is 4. The van der Waals surface area contributed by atoms with Crippen LogP contribution in [-0.4, -0.2) is 111 Å². The van der Waals surface area contributed by atoms with E-state index in [1.807, 2.05) is 32.3 Å². The highest BCUT2D eigenvalue weighted by Crippen LogP contribution is 2.38. The number of nitrogens with one attached hydrogen (secondary N) is 1. The molecule has 13 heteroatoms. The summed E-state index contributed by atoms with van der Waals surface area (Å²) in [7, 11) is 7.98. The highest BCUT2D eigenvalue weighted by Gasteiger charge is 2.38. The highest BCUT2D eigenvalue weighted by atomic mass is 19.4. The standard InChI is InChI=1S/C30H43N5O3.C2HF3O2/c1-33(2)21-23-8-9-28(38-23)27-19-25(31-22-10-15-34(3)16-11-22)24-18-29(36-4)30(20-26(24)32-27)37-17-7-14-35-12-5-6-13-35;3-2(4,5)1(6)7/h8-9,18-20,22H,5-7,10-17,21H2,1-4H3,(H,31,32);(H,6,7). The van der Waals surface area contributed by atoms with Gasteiger partial charge in [0.15, 0.2) is 17.3 Å². The van der Waals surface area contributed by atoms with Gasteiger partial charge in [-0.2, -0.15) is 13.2 Å². The summed E-state index contributed by atoms with van der Waals surface area (Å²) in [6.07, 6.45) is 0.761. The van der Waals surface area contributed by atoms with E-state index >= 15 is 0 Å². The van der Waals surface area contributed by atoms with Gasteiger partial charge in [0, 0.05) is 29.7 Å². The number of fused-ring (bicyclic) bond motifs is 1. The fourth-order valence-electron chi connectivity index (χ4n) is 5.51. The zero-order valence-electron chi connectivity index (χ0n) is 26.5. The number of carboxylic acids is 1. The summed E-state index contributed by atoms with van der Waals surface area (Å²) in [5.41, 5.74) is 2.76. The van der Waals surface area contributed by atoms with Crippen molar-refractivity contribution in [1.29, 1.82) is 0 Å². The van der Waals surface area contributed by atoms with Gasteiger partial charge in [0.1, 0.15) is 11.5 Å². The number of aliphatic carboxylic acids is 1. The molecule has 5 rings (SSSR count). The summed E-state index contributed by atoms with van der Waals surface area (Å²) in [5, 5.41) is 12.0. The topological polar surface area (TPSA) is 104 Å². The molecule has 2 saturated heterocycles. The Morgan fingerprint density at radius 1 is 1.11 bits per heavy atom. The third-order valence-electron chi connectivity index (χ3n) is 7.88. The van der Waals surface area contributed by atoms with E-state index in [0.29, 0.717) is 12.6 Å². The van der Waals surface area contributed by atoms with Gasteiger partial charge >= 0.3 is 12.1 Å². The Morgan fingerprint density at radius 3 is 2.42 bits per heavy atom. The number of methoxy groups -OCH3 is 1. The zero-order chi connectivity index (χ0) is 32.6. The van der Waals surface area contributed by atoms with Crippen LogP contribution in [0.3, 0.4) is 0 Å². The Morgan fingerprint density at radius 2 is 1.80 bits per heavy atom. The molecule has 0 aliphatic carbocycles. The molecular weight excluding hydrogens is 591 g/mol. The van der Waals surface area contributed by atoms with Crippen molar-refractivity contribution >= 4 is 22.6 Å². The van der Waals surface area contributed by atoms with Gasteiger partial charge in [0.25, 0.3) is 0 Å². The smallest absolute Gasteiger partial charge is 0.490 e. The molecule has 10 nitrogen and oxygen atoms in total. The molecule has 0 spiro atoms. The molecule has 2 aromatic heterocycles. The normalized spacial score (nSPS) is 16.5. The van der Waals surface area contributed by atoms with Gasteiger partial charge in [-0.1, -0.05) is 0 Å². The first kappa shape index (κ1) is 34.3. The van der Waals surface area contributed by atoms with Crippen LogP contribution < -0.4 is 14.8 Å². The fraction of sp³-hybridized carbons (Fsp3) is 0.562. The number of ether oxygens (including phenoxy) is 2. The first-order valence-electron chi connectivity index (χ1n) is 15.3. The molecule has 3 aromatic rings. The lowest BCUT2D eigenvalue weighted by Crippen LogP contribution is -2.36. The molecule has 248 valence electrons. The average Bonchev–Trinajstić information content (AvgIpc) is 3.68. The van der Waals surface area contributed by atoms with Crippen LogP contribution in [0, 0.1) is 0 Å². The second kappa shape index (κ2) is 15.6. The van der Waals surface area contributed by atoms with Crippen LogP contribution in [-0.2, 0) is 11.3 Å². The van der Waals surface area contributed by atoms with Gasteiger partial charge in [-0.15, -0.1) is 0 Å². The number of pyridine rings is 1. The number of carbonyl (C=O) groups is 1. The lowest BCUT2D eigenvalue weighted by Gasteiger charge is -2.30. The molecule has 0 atom stereocenters. The monoisotopic (exact) mass is 635 g/mol. The van der Waals surface area contributed by atoms with E-state index in [4.69, 9.17) is 28.8 Å². The van der Waals surface area contributed by atoms with Crippen LogP contribution in [0.4, 0.5) is 18.9 Å². The molecule has 0 unspecified atom stereocenters. The van der Waals surface area contributed by atoms with Crippen LogP contribution in [0.1, 0.15) is 37.9 Å². The van der Waals surface area contributed by atoms with Crippen molar-refractivity contribution in [3.05, 3.63) is 36.1 Å². The van der Waals surface area contributed by atoms with Crippen molar-refractivity contribution in [2.75, 3.05) is 72.9 Å². The van der Waals surface area contributed by atoms with Gasteiger partial charge in [-0.3, -0.25) is 0 Å². The van der Waals surface area contributed by atoms with Crippen LogP contribution in [0.2, 0.25) is 0 Å². The maximum atomic E-state index is 10.6. The van der Waals surface area contributed by atoms with Gasteiger partial charge < -0.3 is 39.0 Å². The van der Waals surface area contributed by atoms with E-state index < -0.39 is 12.1 Å². The SMILES string of the molecule is COc1cc2c(NC3CCN(C)CC3)cc(-c3ccc(CN(C)C)o3)nc2cc1OCCCN1CCCC1.O=C(O)C(F)(F)F. The number of hydrogen-bond acceptors (Lipinski definition) is 9. The van der Waals surface area contributed by atoms with E-state index in [-0.39, 0.29) is 0 Å². The second-order valence-corrected chi connectivity index (χ2v) is 11.9. The fourth-order valence-corrected chi connectivity index (χ4v) is 5.51. The minimum Gasteiger partial charge on any atom is -0.493 e. The number of benzene rings is 1. The molecule has 0 saturated carbocycles. The Kier molecular flexibility index (Phi) is 11.9. The lowest BCUT2D eigenvalue weighted by atomic mass is 10.0. The predicted octanol–water partition coefficient (Wildman–Crippen LogP) is 5.57. The molecule has 1 aromatic carbocycles. The van der Waals surface area contributed by atoms with E-state index in [2.05, 4.69) is 39.2 Å². The van der Waals surface area contributed by atoms with Crippen molar-refractivity contribution in [3.8, 4) is 23.0 Å². The number of hydrogen-bond donors (Lipinski definition) is 2. The van der Waals surface area contributed by atoms with E-state index in [0.717, 1.165) is 90.7 Å². The largest absolute Gasteiger partial charge is 0.493 e. The van der Waals surface area contributed by atoms with Gasteiger partial charge in [0.2, 0.25) is 0 Å². The quantitative estimate of drug-likeness (QED) is 0.260. The van der Waals surface area contributed by atoms with Gasteiger partial charge in [-0.25, -0.2) is 9.78 Å². The molecule has 2 aliphatic heterocycles. The minimum absolute atomic E-state index is 0.415.